The van der Waals surface area contributed by atoms with Gasteiger partial charge in [0.25, 0.3) is 0 Å². The highest BCUT2D eigenvalue weighted by Gasteiger charge is 2.12. The molecule has 0 saturated heterocycles. The van der Waals surface area contributed by atoms with Gasteiger partial charge in [0.1, 0.15) is 0 Å². The minimum absolute atomic E-state index is 0.142. The minimum atomic E-state index is -0.142. The molecule has 17 heavy (non-hydrogen) atoms. The topological polar surface area (TPSA) is 23.1 Å². The zero-order valence-corrected chi connectivity index (χ0v) is 12.5. The molecule has 0 aromatic carbocycles. The summed E-state index contributed by atoms with van der Waals surface area (Å²) in [4.78, 5) is 0. The van der Waals surface area contributed by atoms with Gasteiger partial charge in [0.2, 0.25) is 0 Å². The average molecular weight is 243 g/mol. The van der Waals surface area contributed by atoms with Crippen molar-refractivity contribution in [3.63, 3.8) is 0 Å². The molecule has 0 heterocycles. The van der Waals surface area contributed by atoms with E-state index in [0.717, 1.165) is 6.42 Å². The molecule has 0 N–H and O–H groups in total. The first-order valence-electron chi connectivity index (χ1n) is 7.53. The number of hydroxylamine groups is 3. The first-order chi connectivity index (χ1) is 7.98. The van der Waals surface area contributed by atoms with Crippen LogP contribution in [0.25, 0.3) is 0 Å². The van der Waals surface area contributed by atoms with E-state index in [1.165, 1.54) is 57.8 Å². The van der Waals surface area contributed by atoms with E-state index in [9.17, 15) is 5.21 Å². The van der Waals surface area contributed by atoms with E-state index >= 15 is 0 Å². The SMILES string of the molecule is CCCCCCCCCCCC(C)[N+](C)(C)[O-]. The van der Waals surface area contributed by atoms with E-state index in [0.29, 0.717) is 0 Å². The first kappa shape index (κ1) is 16.9. The van der Waals surface area contributed by atoms with Gasteiger partial charge in [0.05, 0.1) is 20.1 Å². The van der Waals surface area contributed by atoms with Crippen LogP contribution in [0.15, 0.2) is 0 Å². The monoisotopic (exact) mass is 243 g/mol. The number of quaternary nitrogens is 1. The molecule has 2 nitrogen and oxygen atoms in total. The van der Waals surface area contributed by atoms with E-state index in [1.54, 1.807) is 14.1 Å². The van der Waals surface area contributed by atoms with Crippen LogP contribution >= 0.6 is 0 Å². The molecule has 1 atom stereocenters. The van der Waals surface area contributed by atoms with Crippen molar-refractivity contribution in [3.8, 4) is 0 Å². The molecule has 0 rings (SSSR count). The van der Waals surface area contributed by atoms with Crippen molar-refractivity contribution < 1.29 is 4.65 Å². The van der Waals surface area contributed by atoms with Gasteiger partial charge < -0.3 is 9.85 Å². The van der Waals surface area contributed by atoms with E-state index in [2.05, 4.69) is 13.8 Å². The van der Waals surface area contributed by atoms with Crippen LogP contribution in [0.3, 0.4) is 0 Å². The molecule has 0 fully saturated rings. The van der Waals surface area contributed by atoms with Gasteiger partial charge >= 0.3 is 0 Å². The summed E-state index contributed by atoms with van der Waals surface area (Å²) in [5, 5.41) is 11.6. The van der Waals surface area contributed by atoms with Crippen LogP contribution in [0.4, 0.5) is 0 Å². The summed E-state index contributed by atoms with van der Waals surface area (Å²) in [6, 6.07) is 0.250. The van der Waals surface area contributed by atoms with Crippen molar-refractivity contribution >= 4 is 0 Å². The predicted octanol–water partition coefficient (Wildman–Crippen LogP) is 4.87. The van der Waals surface area contributed by atoms with E-state index in [4.69, 9.17) is 0 Å². The van der Waals surface area contributed by atoms with Crippen LogP contribution in [-0.4, -0.2) is 24.8 Å². The average Bonchev–Trinajstić information content (AvgIpc) is 2.25. The summed E-state index contributed by atoms with van der Waals surface area (Å²) in [6.07, 6.45) is 13.3. The molecule has 0 bridgehead atoms. The Morgan fingerprint density at radius 2 is 1.24 bits per heavy atom. The Kier molecular flexibility index (Phi) is 9.85. The van der Waals surface area contributed by atoms with Crippen LogP contribution in [-0.2, 0) is 0 Å². The number of rotatable bonds is 11. The number of hydrogen-bond donors (Lipinski definition) is 0. The van der Waals surface area contributed by atoms with E-state index in [-0.39, 0.29) is 10.7 Å². The lowest BCUT2D eigenvalue weighted by Gasteiger charge is -2.40. The molecule has 104 valence electrons. The lowest BCUT2D eigenvalue weighted by Crippen LogP contribution is -2.41. The second-order valence-electron chi connectivity index (χ2n) is 5.90. The van der Waals surface area contributed by atoms with E-state index < -0.39 is 0 Å². The Balaban J connectivity index is 3.19. The Bertz CT molecular complexity index is 163. The summed E-state index contributed by atoms with van der Waals surface area (Å²) in [7, 11) is 3.50. The maximum atomic E-state index is 11.6. The van der Waals surface area contributed by atoms with Crippen molar-refractivity contribution in [1.29, 1.82) is 0 Å². The van der Waals surface area contributed by atoms with Crippen molar-refractivity contribution in [2.45, 2.75) is 84.1 Å². The van der Waals surface area contributed by atoms with Gasteiger partial charge in [-0.3, -0.25) is 0 Å². The van der Waals surface area contributed by atoms with Crippen molar-refractivity contribution in [3.05, 3.63) is 5.21 Å². The molecule has 0 aliphatic heterocycles. The predicted molar refractivity (Wildman–Crippen MR) is 76.8 cm³/mol. The zero-order valence-electron chi connectivity index (χ0n) is 12.5. The Morgan fingerprint density at radius 1 is 0.824 bits per heavy atom. The smallest absolute Gasteiger partial charge is 0.0854 e. The third-order valence-corrected chi connectivity index (χ3v) is 3.79. The van der Waals surface area contributed by atoms with Gasteiger partial charge in [-0.25, -0.2) is 0 Å². The minimum Gasteiger partial charge on any atom is -0.633 e. The largest absolute Gasteiger partial charge is 0.633 e. The Hall–Kier alpha value is -0.0800. The quantitative estimate of drug-likeness (QED) is 0.288. The molecule has 0 saturated carbocycles. The van der Waals surface area contributed by atoms with Crippen molar-refractivity contribution in [2.24, 2.45) is 0 Å². The van der Waals surface area contributed by atoms with Crippen molar-refractivity contribution in [1.82, 2.24) is 0 Å². The number of unbranched alkanes of at least 4 members (excludes halogenated alkanes) is 8. The van der Waals surface area contributed by atoms with Gasteiger partial charge in [-0.1, -0.05) is 58.3 Å². The molecule has 0 aromatic heterocycles. The van der Waals surface area contributed by atoms with Gasteiger partial charge in [0.15, 0.2) is 0 Å². The molecule has 0 aliphatic rings. The first-order valence-corrected chi connectivity index (χ1v) is 7.53. The summed E-state index contributed by atoms with van der Waals surface area (Å²) in [6.45, 7) is 4.33. The normalized spacial score (nSPS) is 13.9. The molecular formula is C15H33NO. The Morgan fingerprint density at radius 3 is 1.65 bits per heavy atom. The van der Waals surface area contributed by atoms with E-state index in [1.807, 2.05) is 0 Å². The molecule has 0 spiro atoms. The van der Waals surface area contributed by atoms with Crippen LogP contribution < -0.4 is 0 Å². The van der Waals surface area contributed by atoms with Crippen LogP contribution in [0.2, 0.25) is 0 Å². The summed E-state index contributed by atoms with van der Waals surface area (Å²) < 4.78 is -0.142. The third kappa shape index (κ3) is 10.8. The number of nitrogens with zero attached hydrogens (tertiary/aromatic N) is 1. The second-order valence-corrected chi connectivity index (χ2v) is 5.90. The van der Waals surface area contributed by atoms with Gasteiger partial charge in [-0.15, -0.1) is 0 Å². The standard InChI is InChI=1S/C15H33NO/c1-5-6-7-8-9-10-11-12-13-14-15(2)16(3,4)17/h15H,5-14H2,1-4H3. The van der Waals surface area contributed by atoms with Gasteiger partial charge in [-0.2, -0.15) is 0 Å². The van der Waals surface area contributed by atoms with Crippen LogP contribution in [0.5, 0.6) is 0 Å². The van der Waals surface area contributed by atoms with Gasteiger partial charge in [0, 0.05) is 0 Å². The highest BCUT2D eigenvalue weighted by atomic mass is 16.5. The fourth-order valence-corrected chi connectivity index (χ4v) is 2.06. The van der Waals surface area contributed by atoms with Gasteiger partial charge in [-0.05, 0) is 19.8 Å². The fourth-order valence-electron chi connectivity index (χ4n) is 2.06. The molecular weight excluding hydrogens is 210 g/mol. The van der Waals surface area contributed by atoms with Crippen LogP contribution in [0.1, 0.15) is 78.1 Å². The maximum absolute atomic E-state index is 11.6. The molecule has 0 aromatic rings. The highest BCUT2D eigenvalue weighted by Crippen LogP contribution is 2.14. The summed E-state index contributed by atoms with van der Waals surface area (Å²) in [5.74, 6) is 0. The molecule has 0 radical (unpaired) electrons. The highest BCUT2D eigenvalue weighted by molar-refractivity contribution is 4.53. The zero-order chi connectivity index (χ0) is 13.1. The summed E-state index contributed by atoms with van der Waals surface area (Å²) >= 11 is 0. The van der Waals surface area contributed by atoms with Crippen LogP contribution in [0, 0.1) is 5.21 Å². The maximum Gasteiger partial charge on any atom is 0.0854 e. The molecule has 0 aliphatic carbocycles. The molecule has 2 heteroatoms. The molecule has 0 amide bonds. The lowest BCUT2D eigenvalue weighted by atomic mass is 10.0. The summed E-state index contributed by atoms with van der Waals surface area (Å²) in [5.41, 5.74) is 0. The fraction of sp³-hybridized carbons (Fsp3) is 1.00. The second kappa shape index (κ2) is 9.90. The van der Waals surface area contributed by atoms with Crippen molar-refractivity contribution in [2.75, 3.05) is 14.1 Å². The lowest BCUT2D eigenvalue weighted by molar-refractivity contribution is -0.864. The third-order valence-electron chi connectivity index (χ3n) is 3.79. The molecule has 1 unspecified atom stereocenters. The number of hydrogen-bond acceptors (Lipinski definition) is 1. The Labute approximate surface area is 109 Å².